The van der Waals surface area contributed by atoms with Crippen molar-refractivity contribution in [1.82, 2.24) is 10.3 Å². The maximum atomic E-state index is 5.71. The molecule has 0 radical (unpaired) electrons. The molecule has 0 saturated heterocycles. The van der Waals surface area contributed by atoms with Crippen LogP contribution in [0.2, 0.25) is 0 Å². The van der Waals surface area contributed by atoms with Crippen molar-refractivity contribution in [2.75, 3.05) is 6.54 Å². The molecule has 0 aliphatic heterocycles. The van der Waals surface area contributed by atoms with Crippen molar-refractivity contribution in [3.05, 3.63) is 48.2 Å². The van der Waals surface area contributed by atoms with Gasteiger partial charge in [-0.1, -0.05) is 6.92 Å². The number of nitrogens with one attached hydrogen (secondary N) is 1. The molecular formula is C16H22N2O2. The van der Waals surface area contributed by atoms with Crippen molar-refractivity contribution in [2.24, 2.45) is 0 Å². The average Bonchev–Trinajstić information content (AvgIpc) is 2.93. The van der Waals surface area contributed by atoms with Gasteiger partial charge in [0.05, 0.1) is 24.6 Å². The van der Waals surface area contributed by atoms with E-state index in [4.69, 9.17) is 9.15 Å². The molecule has 0 amide bonds. The van der Waals surface area contributed by atoms with Crippen LogP contribution in [0.5, 0.6) is 5.75 Å². The van der Waals surface area contributed by atoms with Gasteiger partial charge in [-0.15, -0.1) is 0 Å². The van der Waals surface area contributed by atoms with Gasteiger partial charge in [0.25, 0.3) is 0 Å². The number of rotatable bonds is 7. The van der Waals surface area contributed by atoms with Gasteiger partial charge in [-0.2, -0.15) is 0 Å². The Morgan fingerprint density at radius 1 is 1.35 bits per heavy atom. The minimum Gasteiger partial charge on any atom is -0.489 e. The SMILES string of the molecule is CCCNC(c1cncc(OC(C)C)c1)c1ccco1. The van der Waals surface area contributed by atoms with Crippen LogP contribution in [0, 0.1) is 0 Å². The van der Waals surface area contributed by atoms with E-state index in [0.29, 0.717) is 0 Å². The topological polar surface area (TPSA) is 47.3 Å². The molecule has 4 heteroatoms. The molecule has 2 heterocycles. The lowest BCUT2D eigenvalue weighted by Crippen LogP contribution is -2.23. The quantitative estimate of drug-likeness (QED) is 0.838. The highest BCUT2D eigenvalue weighted by Crippen LogP contribution is 2.25. The number of nitrogens with zero attached hydrogens (tertiary/aromatic N) is 1. The van der Waals surface area contributed by atoms with Crippen LogP contribution >= 0.6 is 0 Å². The summed E-state index contributed by atoms with van der Waals surface area (Å²) in [5, 5.41) is 3.48. The molecule has 108 valence electrons. The van der Waals surface area contributed by atoms with Gasteiger partial charge in [-0.25, -0.2) is 0 Å². The van der Waals surface area contributed by atoms with Crippen molar-refractivity contribution >= 4 is 0 Å². The molecule has 0 spiro atoms. The maximum Gasteiger partial charge on any atom is 0.138 e. The molecule has 20 heavy (non-hydrogen) atoms. The fourth-order valence-corrected chi connectivity index (χ4v) is 2.06. The maximum absolute atomic E-state index is 5.71. The monoisotopic (exact) mass is 274 g/mol. The summed E-state index contributed by atoms with van der Waals surface area (Å²) in [5.41, 5.74) is 1.05. The van der Waals surface area contributed by atoms with Crippen molar-refractivity contribution in [3.63, 3.8) is 0 Å². The third kappa shape index (κ3) is 3.84. The van der Waals surface area contributed by atoms with Gasteiger partial charge in [0.1, 0.15) is 11.5 Å². The lowest BCUT2D eigenvalue weighted by molar-refractivity contribution is 0.241. The highest BCUT2D eigenvalue weighted by molar-refractivity contribution is 5.30. The first-order valence-electron chi connectivity index (χ1n) is 7.09. The molecule has 0 saturated carbocycles. The summed E-state index contributed by atoms with van der Waals surface area (Å²) in [4.78, 5) is 4.27. The Balaban J connectivity index is 2.24. The van der Waals surface area contributed by atoms with E-state index in [1.807, 2.05) is 38.2 Å². The third-order valence-electron chi connectivity index (χ3n) is 2.87. The first kappa shape index (κ1) is 14.6. The first-order chi connectivity index (χ1) is 9.70. The molecule has 4 nitrogen and oxygen atoms in total. The van der Waals surface area contributed by atoms with Crippen LogP contribution < -0.4 is 10.1 Å². The predicted octanol–water partition coefficient (Wildman–Crippen LogP) is 3.55. The fourth-order valence-electron chi connectivity index (χ4n) is 2.06. The summed E-state index contributed by atoms with van der Waals surface area (Å²) < 4.78 is 11.2. The molecule has 2 rings (SSSR count). The van der Waals surface area contributed by atoms with E-state index in [2.05, 4.69) is 17.2 Å². The number of hydrogen-bond acceptors (Lipinski definition) is 4. The highest BCUT2D eigenvalue weighted by Gasteiger charge is 2.17. The van der Waals surface area contributed by atoms with Crippen LogP contribution in [0.1, 0.15) is 44.6 Å². The number of ether oxygens (including phenoxy) is 1. The zero-order chi connectivity index (χ0) is 14.4. The molecule has 2 aromatic heterocycles. The van der Waals surface area contributed by atoms with Gasteiger partial charge in [-0.05, 0) is 50.6 Å². The summed E-state index contributed by atoms with van der Waals surface area (Å²) >= 11 is 0. The average molecular weight is 274 g/mol. The number of aromatic nitrogens is 1. The Kier molecular flexibility index (Phi) is 5.18. The van der Waals surface area contributed by atoms with Gasteiger partial charge in [0.2, 0.25) is 0 Å². The molecule has 1 N–H and O–H groups in total. The molecule has 2 aromatic rings. The smallest absolute Gasteiger partial charge is 0.138 e. The van der Waals surface area contributed by atoms with Gasteiger partial charge >= 0.3 is 0 Å². The molecule has 0 aliphatic carbocycles. The standard InChI is InChI=1S/C16H22N2O2/c1-4-7-18-16(15-6-5-8-19-15)13-9-14(11-17-10-13)20-12(2)3/h5-6,8-12,16,18H,4,7H2,1-3H3. The summed E-state index contributed by atoms with van der Waals surface area (Å²) in [6.07, 6.45) is 6.48. The minimum absolute atomic E-state index is 0.00756. The van der Waals surface area contributed by atoms with Crippen LogP contribution in [0.25, 0.3) is 0 Å². The number of furan rings is 1. The van der Waals surface area contributed by atoms with Crippen LogP contribution in [0.3, 0.4) is 0 Å². The zero-order valence-electron chi connectivity index (χ0n) is 12.3. The van der Waals surface area contributed by atoms with Gasteiger partial charge in [-0.3, -0.25) is 4.98 Å². The van der Waals surface area contributed by atoms with E-state index in [1.165, 1.54) is 0 Å². The van der Waals surface area contributed by atoms with Crippen LogP contribution in [0.15, 0.2) is 41.3 Å². The minimum atomic E-state index is 0.00756. The lowest BCUT2D eigenvalue weighted by atomic mass is 10.1. The Labute approximate surface area is 120 Å². The molecule has 1 unspecified atom stereocenters. The number of hydrogen-bond donors (Lipinski definition) is 1. The van der Waals surface area contributed by atoms with E-state index in [9.17, 15) is 0 Å². The number of pyridine rings is 1. The van der Waals surface area contributed by atoms with Gasteiger partial charge in [0, 0.05) is 6.20 Å². The second-order valence-electron chi connectivity index (χ2n) is 5.02. The van der Waals surface area contributed by atoms with Crippen molar-refractivity contribution in [2.45, 2.75) is 39.3 Å². The first-order valence-corrected chi connectivity index (χ1v) is 7.09. The van der Waals surface area contributed by atoms with Crippen molar-refractivity contribution < 1.29 is 9.15 Å². The Morgan fingerprint density at radius 2 is 2.20 bits per heavy atom. The van der Waals surface area contributed by atoms with Crippen molar-refractivity contribution in [1.29, 1.82) is 0 Å². The normalized spacial score (nSPS) is 12.6. The summed E-state index contributed by atoms with van der Waals surface area (Å²) in [6, 6.07) is 5.90. The predicted molar refractivity (Wildman–Crippen MR) is 78.8 cm³/mol. The van der Waals surface area contributed by atoms with Crippen LogP contribution in [-0.2, 0) is 0 Å². The van der Waals surface area contributed by atoms with Crippen LogP contribution in [0.4, 0.5) is 0 Å². The zero-order valence-corrected chi connectivity index (χ0v) is 12.3. The Hall–Kier alpha value is -1.81. The molecule has 0 aliphatic rings. The van der Waals surface area contributed by atoms with E-state index in [0.717, 1.165) is 30.0 Å². The molecule has 1 atom stereocenters. The fraction of sp³-hybridized carbons (Fsp3) is 0.438. The second kappa shape index (κ2) is 7.10. The molecule has 0 aromatic carbocycles. The van der Waals surface area contributed by atoms with E-state index in [-0.39, 0.29) is 12.1 Å². The van der Waals surface area contributed by atoms with E-state index < -0.39 is 0 Å². The third-order valence-corrected chi connectivity index (χ3v) is 2.87. The lowest BCUT2D eigenvalue weighted by Gasteiger charge is -2.18. The van der Waals surface area contributed by atoms with Crippen LogP contribution in [-0.4, -0.2) is 17.6 Å². The summed E-state index contributed by atoms with van der Waals surface area (Å²) in [7, 11) is 0. The largest absolute Gasteiger partial charge is 0.489 e. The molecular weight excluding hydrogens is 252 g/mol. The van der Waals surface area contributed by atoms with Gasteiger partial charge in [0.15, 0.2) is 0 Å². The second-order valence-corrected chi connectivity index (χ2v) is 5.02. The molecule has 0 bridgehead atoms. The van der Waals surface area contributed by atoms with Crippen molar-refractivity contribution in [3.8, 4) is 5.75 Å². The van der Waals surface area contributed by atoms with Gasteiger partial charge < -0.3 is 14.5 Å². The summed E-state index contributed by atoms with van der Waals surface area (Å²) in [5.74, 6) is 1.68. The van der Waals surface area contributed by atoms with E-state index in [1.54, 1.807) is 12.5 Å². The summed E-state index contributed by atoms with van der Waals surface area (Å²) in [6.45, 7) is 7.07. The Morgan fingerprint density at radius 3 is 2.85 bits per heavy atom. The molecule has 0 fully saturated rings. The Bertz CT molecular complexity index is 509. The highest BCUT2D eigenvalue weighted by atomic mass is 16.5. The van der Waals surface area contributed by atoms with E-state index >= 15 is 0 Å².